The molecule has 2 saturated heterocycles. The minimum absolute atomic E-state index is 0. The number of hydrogen-bond acceptors (Lipinski definition) is 7. The molecule has 0 spiro atoms. The van der Waals surface area contributed by atoms with Crippen molar-refractivity contribution in [1.82, 2.24) is 0 Å². The van der Waals surface area contributed by atoms with Gasteiger partial charge in [0.15, 0.2) is 0 Å². The Labute approximate surface area is 345 Å². The second-order valence-corrected chi connectivity index (χ2v) is 18.2. The van der Waals surface area contributed by atoms with E-state index in [2.05, 4.69) is 100.0 Å². The first-order valence-electron chi connectivity index (χ1n) is 19.2. The van der Waals surface area contributed by atoms with Crippen LogP contribution in [0.25, 0.3) is 0 Å². The summed E-state index contributed by atoms with van der Waals surface area (Å²) in [6.45, 7) is 33.3. The zero-order valence-electron chi connectivity index (χ0n) is 36.5. The van der Waals surface area contributed by atoms with Gasteiger partial charge in [0, 0.05) is 62.1 Å². The molecule has 0 aliphatic carbocycles. The van der Waals surface area contributed by atoms with Gasteiger partial charge in [0.1, 0.15) is 11.5 Å². The number of aryl methyl sites for hydroxylation is 1. The molecular formula is C47H70CrN2O5. The van der Waals surface area contributed by atoms with Crippen molar-refractivity contribution in [2.24, 2.45) is 9.98 Å². The summed E-state index contributed by atoms with van der Waals surface area (Å²) in [5.74, 6) is 0.510. The molecule has 3 aromatic carbocycles. The zero-order chi connectivity index (χ0) is 40.9. The molecule has 7 nitrogen and oxygen atoms in total. The third kappa shape index (κ3) is 16.6. The fourth-order valence-corrected chi connectivity index (χ4v) is 5.48. The monoisotopic (exact) mass is 794 g/mol. The van der Waals surface area contributed by atoms with Gasteiger partial charge in [-0.25, -0.2) is 13.2 Å². The van der Waals surface area contributed by atoms with Gasteiger partial charge in [-0.3, -0.25) is 9.98 Å². The molecule has 2 aliphatic heterocycles. The van der Waals surface area contributed by atoms with Crippen LogP contribution in [-0.2, 0) is 53.2 Å². The van der Waals surface area contributed by atoms with E-state index in [-0.39, 0.29) is 50.5 Å². The molecule has 0 atom stereocenters. The second-order valence-electron chi connectivity index (χ2n) is 18.2. The predicted molar refractivity (Wildman–Crippen MR) is 229 cm³/mol. The average molecular weight is 795 g/mol. The molecule has 2 fully saturated rings. The van der Waals surface area contributed by atoms with Crippen molar-refractivity contribution >= 4 is 23.8 Å². The molecule has 0 unspecified atom stereocenters. The Hall–Kier alpha value is -2.99. The van der Waals surface area contributed by atoms with Crippen molar-refractivity contribution in [2.75, 3.05) is 27.4 Å². The maximum Gasteiger partial charge on any atom is 2.00 e. The molecule has 2 N–H and O–H groups in total. The average Bonchev–Trinajstić information content (AvgIpc) is 3.83. The SMILES string of the molecule is COC.Cc1ccc(N=Cc2cc(C(C)(C)C)cc(C(C)(C)C)c2O)c(N=Cc2cc(C(C)(C)C)cc(C(C)(C)C)c2O)c1.[CH-]1CCCO1.[CH-]1CCCO1.[Cr+2]. The summed E-state index contributed by atoms with van der Waals surface area (Å²) in [5, 5.41) is 22.5. The van der Waals surface area contributed by atoms with Crippen LogP contribution in [0.15, 0.2) is 52.4 Å². The summed E-state index contributed by atoms with van der Waals surface area (Å²) in [4.78, 5) is 9.64. The minimum Gasteiger partial charge on any atom is -0.552 e. The van der Waals surface area contributed by atoms with Crippen LogP contribution in [0.3, 0.4) is 0 Å². The molecule has 0 aromatic heterocycles. The van der Waals surface area contributed by atoms with E-state index < -0.39 is 0 Å². The quantitative estimate of drug-likeness (QED) is 0.203. The molecule has 304 valence electrons. The third-order valence-corrected chi connectivity index (χ3v) is 8.85. The minimum atomic E-state index is -0.220. The Morgan fingerprint density at radius 3 is 1.27 bits per heavy atom. The molecule has 2 aliphatic rings. The number of hydrogen-bond donors (Lipinski definition) is 2. The van der Waals surface area contributed by atoms with Gasteiger partial charge in [0.25, 0.3) is 0 Å². The van der Waals surface area contributed by atoms with E-state index >= 15 is 0 Å². The zero-order valence-corrected chi connectivity index (χ0v) is 37.8. The van der Waals surface area contributed by atoms with Crippen molar-refractivity contribution < 1.29 is 41.8 Å². The van der Waals surface area contributed by atoms with Gasteiger partial charge < -0.3 is 24.4 Å². The van der Waals surface area contributed by atoms with Crippen molar-refractivity contribution in [3.8, 4) is 11.5 Å². The van der Waals surface area contributed by atoms with Gasteiger partial charge in [0.2, 0.25) is 0 Å². The molecule has 3 aromatic rings. The third-order valence-electron chi connectivity index (χ3n) is 8.85. The molecule has 0 saturated carbocycles. The van der Waals surface area contributed by atoms with Crippen LogP contribution in [0.2, 0.25) is 0 Å². The smallest absolute Gasteiger partial charge is 0.552 e. The molecule has 0 radical (unpaired) electrons. The first kappa shape index (κ1) is 50.0. The number of nitrogens with zero attached hydrogens (tertiary/aromatic N) is 2. The number of phenols is 2. The molecular weight excluding hydrogens is 725 g/mol. The topological polar surface area (TPSA) is 92.9 Å². The largest absolute Gasteiger partial charge is 2.00 e. The summed E-state index contributed by atoms with van der Waals surface area (Å²) in [6, 6.07) is 14.2. The normalized spacial score (nSPS) is 14.7. The summed E-state index contributed by atoms with van der Waals surface area (Å²) >= 11 is 0. The molecule has 0 bridgehead atoms. The van der Waals surface area contributed by atoms with Gasteiger partial charge in [-0.05, 0) is 69.5 Å². The Morgan fingerprint density at radius 2 is 0.982 bits per heavy atom. The van der Waals surface area contributed by atoms with E-state index in [1.165, 1.54) is 12.8 Å². The van der Waals surface area contributed by atoms with E-state index in [9.17, 15) is 10.2 Å². The van der Waals surface area contributed by atoms with Crippen LogP contribution < -0.4 is 0 Å². The molecule has 2 heterocycles. The van der Waals surface area contributed by atoms with E-state index in [1.807, 2.05) is 50.5 Å². The number of ether oxygens (including phenoxy) is 3. The maximum absolute atomic E-state index is 11.2. The van der Waals surface area contributed by atoms with E-state index in [0.29, 0.717) is 22.5 Å². The number of phenolic OH excluding ortho intramolecular Hbond substituents is 2. The molecule has 55 heavy (non-hydrogen) atoms. The summed E-state index contributed by atoms with van der Waals surface area (Å²) in [7, 11) is 3.25. The number of aromatic hydroxyl groups is 2. The van der Waals surface area contributed by atoms with Crippen LogP contribution in [0, 0.1) is 20.1 Å². The van der Waals surface area contributed by atoms with Crippen LogP contribution in [-0.4, -0.2) is 50.1 Å². The fraction of sp³-hybridized carbons (Fsp3) is 0.532. The second kappa shape index (κ2) is 22.1. The van der Waals surface area contributed by atoms with Gasteiger partial charge in [-0.1, -0.05) is 114 Å². The number of aliphatic imine (C=N–C) groups is 2. The van der Waals surface area contributed by atoms with Crippen LogP contribution in [0.5, 0.6) is 11.5 Å². The van der Waals surface area contributed by atoms with E-state index in [1.54, 1.807) is 26.6 Å². The Balaban J connectivity index is 0.000000910. The van der Waals surface area contributed by atoms with Gasteiger partial charge in [-0.15, -0.1) is 0 Å². The van der Waals surface area contributed by atoms with Gasteiger partial charge in [-0.2, -0.15) is 12.8 Å². The molecule has 8 heteroatoms. The fourth-order valence-electron chi connectivity index (χ4n) is 5.48. The molecule has 5 rings (SSSR count). The Kier molecular flexibility index (Phi) is 20.1. The van der Waals surface area contributed by atoms with E-state index in [4.69, 9.17) is 19.5 Å². The first-order valence-corrected chi connectivity index (χ1v) is 19.2. The predicted octanol–water partition coefficient (Wildman–Crippen LogP) is 12.3. The van der Waals surface area contributed by atoms with Crippen molar-refractivity contribution in [2.45, 2.75) is 137 Å². The molecule has 0 amide bonds. The van der Waals surface area contributed by atoms with Crippen molar-refractivity contribution in [3.63, 3.8) is 0 Å². The number of rotatable bonds is 4. The summed E-state index contributed by atoms with van der Waals surface area (Å²) < 4.78 is 13.9. The number of methoxy groups -OCH3 is 1. The number of benzene rings is 3. The summed E-state index contributed by atoms with van der Waals surface area (Å²) in [5.41, 5.74) is 7.31. The Morgan fingerprint density at radius 1 is 0.600 bits per heavy atom. The van der Waals surface area contributed by atoms with Crippen LogP contribution in [0.4, 0.5) is 11.4 Å². The van der Waals surface area contributed by atoms with Gasteiger partial charge in [0.05, 0.1) is 11.4 Å². The van der Waals surface area contributed by atoms with Crippen LogP contribution >= 0.6 is 0 Å². The Bertz CT molecular complexity index is 1650. The van der Waals surface area contributed by atoms with Crippen molar-refractivity contribution in [3.05, 3.63) is 94.6 Å². The van der Waals surface area contributed by atoms with Gasteiger partial charge >= 0.3 is 17.4 Å². The van der Waals surface area contributed by atoms with Crippen LogP contribution in [0.1, 0.15) is 148 Å². The van der Waals surface area contributed by atoms with E-state index in [0.717, 1.165) is 53.9 Å². The maximum atomic E-state index is 11.2. The summed E-state index contributed by atoms with van der Waals surface area (Å²) in [6.07, 6.45) is 8.22. The standard InChI is InChI=1S/C37H50N2O2.2C4H7O.C2H6O.Cr/c1-23-14-15-30(38-21-24-17-26(34(2,3)4)19-28(32(24)40)36(8,9)10)31(16-23)39-22-25-18-27(35(5,6)7)20-29(33(25)41)37(11,12)13;2*1-2-4-5-3-1;1-3-2;/h14-22,40-41H,1-13H3;2*3H,1-2,4H2;1-2H3;/q;2*-1;;+2. The van der Waals surface area contributed by atoms with Crippen molar-refractivity contribution in [1.29, 1.82) is 0 Å². The first-order chi connectivity index (χ1) is 25.0.